The van der Waals surface area contributed by atoms with Gasteiger partial charge in [0.1, 0.15) is 6.10 Å². The Balaban J connectivity index is 3.70. The van der Waals surface area contributed by atoms with Crippen LogP contribution in [0.2, 0.25) is 0 Å². The molecular weight excluding hydrogens is 316 g/mol. The van der Waals surface area contributed by atoms with Gasteiger partial charge in [-0.3, -0.25) is 10.1 Å². The average Bonchev–Trinajstić information content (AvgIpc) is 2.63. The molecule has 0 saturated carbocycles. The van der Waals surface area contributed by atoms with Crippen molar-refractivity contribution < 1.29 is 19.7 Å². The molecule has 0 aliphatic rings. The number of unbranched alkanes of at least 4 members (excludes halogenated alkanes) is 3. The Bertz CT molecular complexity index is 422. The Kier molecular flexibility index (Phi) is 17.5. The first-order valence-electron chi connectivity index (χ1n) is 9.24. The molecule has 0 aromatic heterocycles. The van der Waals surface area contributed by atoms with Crippen LogP contribution in [0.25, 0.3) is 0 Å². The number of esters is 1. The highest BCUT2D eigenvalue weighted by atomic mass is 17.1. The largest absolute Gasteiger partial charge is 0.469 e. The van der Waals surface area contributed by atoms with Crippen LogP contribution in [0.3, 0.4) is 0 Å². The highest BCUT2D eigenvalue weighted by Gasteiger charge is 2.02. The van der Waals surface area contributed by atoms with Crippen molar-refractivity contribution in [1.29, 1.82) is 0 Å². The number of methoxy groups -OCH3 is 1. The van der Waals surface area contributed by atoms with Crippen LogP contribution in [0.4, 0.5) is 0 Å². The van der Waals surface area contributed by atoms with Crippen LogP contribution >= 0.6 is 0 Å². The van der Waals surface area contributed by atoms with Gasteiger partial charge >= 0.3 is 5.97 Å². The van der Waals surface area contributed by atoms with Crippen molar-refractivity contribution in [2.24, 2.45) is 0 Å². The minimum Gasteiger partial charge on any atom is -0.469 e. The van der Waals surface area contributed by atoms with Gasteiger partial charge in [-0.1, -0.05) is 74.8 Å². The fourth-order valence-electron chi connectivity index (χ4n) is 2.15. The van der Waals surface area contributed by atoms with Crippen LogP contribution in [0.15, 0.2) is 48.6 Å². The SMILES string of the molecule is CCCCC[C@@H](/C=C/C=C\C/C=C\C/C=C\CCCC(=O)OC)OO. The molecule has 0 aromatic carbocycles. The average molecular weight is 350 g/mol. The van der Waals surface area contributed by atoms with Gasteiger partial charge in [-0.2, -0.15) is 0 Å². The third kappa shape index (κ3) is 17.0. The number of hydrogen-bond donors (Lipinski definition) is 1. The van der Waals surface area contributed by atoms with E-state index in [4.69, 9.17) is 5.26 Å². The summed E-state index contributed by atoms with van der Waals surface area (Å²) in [5.74, 6) is -0.146. The summed E-state index contributed by atoms with van der Waals surface area (Å²) in [7, 11) is 1.42. The first-order valence-corrected chi connectivity index (χ1v) is 9.24. The van der Waals surface area contributed by atoms with E-state index >= 15 is 0 Å². The molecule has 0 radical (unpaired) electrons. The zero-order valence-electron chi connectivity index (χ0n) is 15.7. The Morgan fingerprint density at radius 2 is 1.72 bits per heavy atom. The van der Waals surface area contributed by atoms with E-state index in [1.165, 1.54) is 7.11 Å². The van der Waals surface area contributed by atoms with Crippen molar-refractivity contribution in [2.45, 2.75) is 70.8 Å². The predicted molar refractivity (Wildman–Crippen MR) is 103 cm³/mol. The summed E-state index contributed by atoms with van der Waals surface area (Å²) in [6.07, 6.45) is 24.3. The molecule has 1 atom stereocenters. The van der Waals surface area contributed by atoms with Gasteiger partial charge in [0.2, 0.25) is 0 Å². The molecule has 1 N–H and O–H groups in total. The second-order valence-electron chi connectivity index (χ2n) is 5.84. The Hall–Kier alpha value is -1.65. The van der Waals surface area contributed by atoms with Crippen molar-refractivity contribution in [3.63, 3.8) is 0 Å². The summed E-state index contributed by atoms with van der Waals surface area (Å²) in [4.78, 5) is 15.4. The maximum absolute atomic E-state index is 10.9. The normalized spacial score (nSPS) is 13.6. The number of hydrogen-bond acceptors (Lipinski definition) is 4. The maximum atomic E-state index is 10.9. The summed E-state index contributed by atoms with van der Waals surface area (Å²) in [5, 5.41) is 8.83. The van der Waals surface area contributed by atoms with Crippen molar-refractivity contribution >= 4 is 5.97 Å². The molecule has 0 spiro atoms. The lowest BCUT2D eigenvalue weighted by atomic mass is 10.1. The number of carbonyl (C=O) groups is 1. The molecule has 0 rings (SSSR count). The zero-order chi connectivity index (χ0) is 18.6. The van der Waals surface area contributed by atoms with E-state index in [0.29, 0.717) is 6.42 Å². The minimum absolute atomic E-state index is 0.146. The van der Waals surface area contributed by atoms with Crippen LogP contribution in [0, 0.1) is 0 Å². The monoisotopic (exact) mass is 350 g/mol. The Labute approximate surface area is 152 Å². The molecule has 4 nitrogen and oxygen atoms in total. The Morgan fingerprint density at radius 3 is 2.40 bits per heavy atom. The second kappa shape index (κ2) is 18.7. The molecule has 0 bridgehead atoms. The summed E-state index contributed by atoms with van der Waals surface area (Å²) < 4.78 is 4.59. The van der Waals surface area contributed by atoms with Crippen molar-refractivity contribution in [3.05, 3.63) is 48.6 Å². The quantitative estimate of drug-likeness (QED) is 0.102. The van der Waals surface area contributed by atoms with E-state index in [-0.39, 0.29) is 12.1 Å². The van der Waals surface area contributed by atoms with Crippen LogP contribution in [-0.4, -0.2) is 24.4 Å². The molecule has 0 aliphatic heterocycles. The van der Waals surface area contributed by atoms with Gasteiger partial charge < -0.3 is 4.74 Å². The smallest absolute Gasteiger partial charge is 0.305 e. The van der Waals surface area contributed by atoms with Gasteiger partial charge in [-0.05, 0) is 32.1 Å². The number of ether oxygens (including phenoxy) is 1. The Morgan fingerprint density at radius 1 is 1.00 bits per heavy atom. The van der Waals surface area contributed by atoms with Crippen LogP contribution in [-0.2, 0) is 14.4 Å². The fourth-order valence-corrected chi connectivity index (χ4v) is 2.15. The summed E-state index contributed by atoms with van der Waals surface area (Å²) >= 11 is 0. The zero-order valence-corrected chi connectivity index (χ0v) is 15.7. The molecule has 0 saturated heterocycles. The summed E-state index contributed by atoms with van der Waals surface area (Å²) in [5.41, 5.74) is 0. The maximum Gasteiger partial charge on any atom is 0.305 e. The van der Waals surface area contributed by atoms with E-state index in [1.807, 2.05) is 18.2 Å². The highest BCUT2D eigenvalue weighted by molar-refractivity contribution is 5.69. The van der Waals surface area contributed by atoms with Crippen LogP contribution in [0.5, 0.6) is 0 Å². The first-order chi connectivity index (χ1) is 12.2. The van der Waals surface area contributed by atoms with Crippen molar-refractivity contribution in [1.82, 2.24) is 0 Å². The molecule has 0 amide bonds. The highest BCUT2D eigenvalue weighted by Crippen LogP contribution is 2.07. The van der Waals surface area contributed by atoms with Gasteiger partial charge in [0, 0.05) is 6.42 Å². The van der Waals surface area contributed by atoms with E-state index in [1.54, 1.807) is 0 Å². The van der Waals surface area contributed by atoms with E-state index in [0.717, 1.165) is 51.4 Å². The third-order valence-corrected chi connectivity index (χ3v) is 3.66. The molecule has 142 valence electrons. The van der Waals surface area contributed by atoms with Crippen molar-refractivity contribution in [3.8, 4) is 0 Å². The number of rotatable bonds is 15. The lowest BCUT2D eigenvalue weighted by Gasteiger charge is -2.07. The van der Waals surface area contributed by atoms with Crippen LogP contribution in [0.1, 0.15) is 64.7 Å². The molecular formula is C21H34O4. The molecule has 0 aliphatic carbocycles. The lowest BCUT2D eigenvalue weighted by Crippen LogP contribution is -2.06. The third-order valence-electron chi connectivity index (χ3n) is 3.66. The standard InChI is InChI=1S/C21H34O4/c1-3-4-14-17-20(25-23)18-15-12-10-8-6-5-7-9-11-13-16-19-21(22)24-2/h5-6,9-12,15,18,20,23H,3-4,7-8,13-14,16-17,19H2,1-2H3/b6-5-,11-9-,12-10-,18-15+/t20-/m0/s1. The fraction of sp³-hybridized carbons (Fsp3) is 0.571. The number of carbonyl (C=O) groups excluding carboxylic acids is 1. The predicted octanol–water partition coefficient (Wildman–Crippen LogP) is 5.77. The lowest BCUT2D eigenvalue weighted by molar-refractivity contribution is -0.267. The topological polar surface area (TPSA) is 55.8 Å². The molecule has 4 heteroatoms. The minimum atomic E-state index is -0.212. The van der Waals surface area contributed by atoms with E-state index in [2.05, 4.69) is 46.9 Å². The van der Waals surface area contributed by atoms with E-state index in [9.17, 15) is 4.79 Å². The van der Waals surface area contributed by atoms with Gasteiger partial charge in [-0.15, -0.1) is 0 Å². The van der Waals surface area contributed by atoms with Gasteiger partial charge in [0.05, 0.1) is 7.11 Å². The van der Waals surface area contributed by atoms with E-state index < -0.39 is 0 Å². The molecule has 0 aromatic rings. The summed E-state index contributed by atoms with van der Waals surface area (Å²) in [6, 6.07) is 0. The number of allylic oxidation sites excluding steroid dienone is 7. The molecule has 0 heterocycles. The summed E-state index contributed by atoms with van der Waals surface area (Å²) in [6.45, 7) is 2.15. The van der Waals surface area contributed by atoms with Gasteiger partial charge in [-0.25, -0.2) is 4.89 Å². The van der Waals surface area contributed by atoms with Crippen LogP contribution < -0.4 is 0 Å². The molecule has 25 heavy (non-hydrogen) atoms. The molecule has 0 unspecified atom stereocenters. The second-order valence-corrected chi connectivity index (χ2v) is 5.84. The van der Waals surface area contributed by atoms with Crippen molar-refractivity contribution in [2.75, 3.05) is 7.11 Å². The molecule has 0 fully saturated rings. The first kappa shape index (κ1) is 23.4. The van der Waals surface area contributed by atoms with Gasteiger partial charge in [0.25, 0.3) is 0 Å². The van der Waals surface area contributed by atoms with Gasteiger partial charge in [0.15, 0.2) is 0 Å².